The molecule has 22 heavy (non-hydrogen) atoms. The lowest BCUT2D eigenvalue weighted by Gasteiger charge is -2.13. The number of methoxy groups -OCH3 is 2. The second kappa shape index (κ2) is 6.58. The number of hydrogen-bond donors (Lipinski definition) is 0. The molecule has 0 heterocycles. The molecule has 7 heteroatoms. The molecule has 0 unspecified atom stereocenters. The molecule has 5 nitrogen and oxygen atoms in total. The largest absolute Gasteiger partial charge is 0.497 e. The summed E-state index contributed by atoms with van der Waals surface area (Å²) in [6.45, 7) is 1.90. The first-order valence-electron chi connectivity index (χ1n) is 6.30. The molecule has 0 radical (unpaired) electrons. The van der Waals surface area contributed by atoms with Crippen LogP contribution in [0.2, 0.25) is 0 Å². The number of hydrogen-bond acceptors (Lipinski definition) is 5. The van der Waals surface area contributed by atoms with E-state index in [2.05, 4.69) is 15.9 Å². The van der Waals surface area contributed by atoms with Gasteiger partial charge in [0.2, 0.25) is 0 Å². The van der Waals surface area contributed by atoms with Gasteiger partial charge in [0.1, 0.15) is 11.5 Å². The van der Waals surface area contributed by atoms with Crippen molar-refractivity contribution in [1.82, 2.24) is 0 Å². The Morgan fingerprint density at radius 3 is 2.23 bits per heavy atom. The quantitative estimate of drug-likeness (QED) is 0.735. The van der Waals surface area contributed by atoms with Crippen molar-refractivity contribution in [2.45, 2.75) is 11.8 Å². The predicted molar refractivity (Wildman–Crippen MR) is 86.2 cm³/mol. The van der Waals surface area contributed by atoms with Crippen molar-refractivity contribution in [3.8, 4) is 17.2 Å². The van der Waals surface area contributed by atoms with Gasteiger partial charge < -0.3 is 13.7 Å². The Balaban J connectivity index is 2.46. The number of aryl methyl sites for hydroxylation is 1. The molecule has 0 saturated heterocycles. The molecule has 0 aliphatic heterocycles. The van der Waals surface area contributed by atoms with E-state index in [9.17, 15) is 8.42 Å². The molecule has 0 bridgehead atoms. The van der Waals surface area contributed by atoms with Gasteiger partial charge in [0.15, 0.2) is 10.6 Å². The third-order valence-electron chi connectivity index (χ3n) is 2.93. The molecular formula is C15H15BrO5S. The van der Waals surface area contributed by atoms with E-state index in [4.69, 9.17) is 13.7 Å². The fourth-order valence-electron chi connectivity index (χ4n) is 1.82. The maximum Gasteiger partial charge on any atom is 0.343 e. The predicted octanol–water partition coefficient (Wildman–Crippen LogP) is 3.54. The second-order valence-electron chi connectivity index (χ2n) is 4.49. The van der Waals surface area contributed by atoms with Crippen LogP contribution in [0.25, 0.3) is 0 Å². The van der Waals surface area contributed by atoms with E-state index in [1.807, 2.05) is 6.92 Å². The maximum atomic E-state index is 12.5. The third kappa shape index (κ3) is 3.53. The Morgan fingerprint density at radius 2 is 1.64 bits per heavy atom. The molecule has 2 aromatic rings. The summed E-state index contributed by atoms with van der Waals surface area (Å²) in [5, 5.41) is 0. The van der Waals surface area contributed by atoms with Gasteiger partial charge in [-0.2, -0.15) is 8.42 Å². The van der Waals surface area contributed by atoms with Gasteiger partial charge in [-0.15, -0.1) is 0 Å². The third-order valence-corrected chi connectivity index (χ3v) is 4.80. The van der Waals surface area contributed by atoms with Crippen molar-refractivity contribution in [3.05, 3.63) is 46.4 Å². The van der Waals surface area contributed by atoms with Crippen molar-refractivity contribution in [2.24, 2.45) is 0 Å². The van der Waals surface area contributed by atoms with E-state index in [1.165, 1.54) is 26.4 Å². The van der Waals surface area contributed by atoms with Gasteiger partial charge in [-0.25, -0.2) is 0 Å². The van der Waals surface area contributed by atoms with Crippen molar-refractivity contribution in [2.75, 3.05) is 14.2 Å². The Labute approximate surface area is 138 Å². The minimum atomic E-state index is -4.06. The topological polar surface area (TPSA) is 61.8 Å². The standard InChI is InChI=1S/C15H15BrO5S/c1-10-4-6-13(12(16)8-10)21-22(17,18)15-9-11(19-2)5-7-14(15)20-3/h4-9H,1-3H3. The van der Waals surface area contributed by atoms with Crippen LogP contribution in [0.3, 0.4) is 0 Å². The molecule has 0 amide bonds. The van der Waals surface area contributed by atoms with Gasteiger partial charge in [0.25, 0.3) is 0 Å². The minimum absolute atomic E-state index is 0.0955. The molecule has 0 aromatic heterocycles. The fraction of sp³-hybridized carbons (Fsp3) is 0.200. The van der Waals surface area contributed by atoms with Crippen LogP contribution < -0.4 is 13.7 Å². The Hall–Kier alpha value is -1.73. The van der Waals surface area contributed by atoms with Crippen LogP contribution in [-0.2, 0) is 10.1 Å². The van der Waals surface area contributed by atoms with E-state index in [-0.39, 0.29) is 16.4 Å². The van der Waals surface area contributed by atoms with E-state index >= 15 is 0 Å². The van der Waals surface area contributed by atoms with Crippen LogP contribution >= 0.6 is 15.9 Å². The summed E-state index contributed by atoms with van der Waals surface area (Å²) >= 11 is 3.29. The zero-order valence-corrected chi connectivity index (χ0v) is 14.7. The lowest BCUT2D eigenvalue weighted by atomic mass is 10.2. The highest BCUT2D eigenvalue weighted by molar-refractivity contribution is 9.10. The highest BCUT2D eigenvalue weighted by atomic mass is 79.9. The van der Waals surface area contributed by atoms with Crippen molar-refractivity contribution >= 4 is 26.0 Å². The van der Waals surface area contributed by atoms with Crippen LogP contribution in [0.15, 0.2) is 45.8 Å². The first-order chi connectivity index (χ1) is 10.4. The van der Waals surface area contributed by atoms with Crippen molar-refractivity contribution < 1.29 is 22.1 Å². The average molecular weight is 387 g/mol. The molecule has 2 rings (SSSR count). The Morgan fingerprint density at radius 1 is 0.955 bits per heavy atom. The van der Waals surface area contributed by atoms with Crippen LogP contribution in [0.4, 0.5) is 0 Å². The van der Waals surface area contributed by atoms with Gasteiger partial charge in [0.05, 0.1) is 18.7 Å². The highest BCUT2D eigenvalue weighted by Crippen LogP contribution is 2.33. The fourth-order valence-corrected chi connectivity index (χ4v) is 3.63. The summed E-state index contributed by atoms with van der Waals surface area (Å²) in [5.74, 6) is 0.783. The number of ether oxygens (including phenoxy) is 2. The smallest absolute Gasteiger partial charge is 0.343 e. The molecule has 2 aromatic carbocycles. The van der Waals surface area contributed by atoms with Crippen LogP contribution in [0.5, 0.6) is 17.2 Å². The normalized spacial score (nSPS) is 11.1. The number of rotatable bonds is 5. The van der Waals surface area contributed by atoms with Gasteiger partial charge >= 0.3 is 10.1 Å². The molecule has 0 spiro atoms. The lowest BCUT2D eigenvalue weighted by molar-refractivity contribution is 0.388. The molecule has 118 valence electrons. The average Bonchev–Trinajstić information content (AvgIpc) is 2.49. The summed E-state index contributed by atoms with van der Waals surface area (Å²) in [4.78, 5) is -0.0955. The molecule has 0 N–H and O–H groups in total. The van der Waals surface area contributed by atoms with E-state index in [0.29, 0.717) is 10.2 Å². The van der Waals surface area contributed by atoms with Crippen LogP contribution in [0.1, 0.15) is 5.56 Å². The SMILES string of the molecule is COc1ccc(OC)c(S(=O)(=O)Oc2ccc(C)cc2Br)c1. The summed E-state index contributed by atoms with van der Waals surface area (Å²) in [6, 6.07) is 9.60. The van der Waals surface area contributed by atoms with Gasteiger partial charge in [0, 0.05) is 6.07 Å². The highest BCUT2D eigenvalue weighted by Gasteiger charge is 2.23. The van der Waals surface area contributed by atoms with E-state index < -0.39 is 10.1 Å². The summed E-state index contributed by atoms with van der Waals surface area (Å²) in [7, 11) is -1.21. The first kappa shape index (κ1) is 16.6. The van der Waals surface area contributed by atoms with Crippen molar-refractivity contribution in [3.63, 3.8) is 0 Å². The summed E-state index contributed by atoms with van der Waals surface area (Å²) < 4.78 is 40.9. The van der Waals surface area contributed by atoms with E-state index in [1.54, 1.807) is 24.3 Å². The van der Waals surface area contributed by atoms with Crippen LogP contribution in [-0.4, -0.2) is 22.6 Å². The summed E-state index contributed by atoms with van der Waals surface area (Å²) in [6.07, 6.45) is 0. The Kier molecular flexibility index (Phi) is 4.97. The first-order valence-corrected chi connectivity index (χ1v) is 8.50. The van der Waals surface area contributed by atoms with Gasteiger partial charge in [-0.3, -0.25) is 0 Å². The minimum Gasteiger partial charge on any atom is -0.497 e. The van der Waals surface area contributed by atoms with Gasteiger partial charge in [-0.1, -0.05) is 6.07 Å². The molecule has 0 atom stereocenters. The summed E-state index contributed by atoms with van der Waals surface area (Å²) in [5.41, 5.74) is 0.982. The zero-order valence-electron chi connectivity index (χ0n) is 12.3. The molecular weight excluding hydrogens is 372 g/mol. The number of halogens is 1. The van der Waals surface area contributed by atoms with Crippen LogP contribution in [0, 0.1) is 6.92 Å². The number of benzene rings is 2. The Bertz CT molecular complexity index is 787. The zero-order chi connectivity index (χ0) is 16.3. The van der Waals surface area contributed by atoms with E-state index in [0.717, 1.165) is 5.56 Å². The molecule has 0 saturated carbocycles. The lowest BCUT2D eigenvalue weighted by Crippen LogP contribution is -2.11. The second-order valence-corrected chi connectivity index (χ2v) is 6.86. The monoisotopic (exact) mass is 386 g/mol. The maximum absolute atomic E-state index is 12.5. The molecule has 0 aliphatic rings. The van der Waals surface area contributed by atoms with Crippen molar-refractivity contribution in [1.29, 1.82) is 0 Å². The molecule has 0 aliphatic carbocycles. The molecule has 0 fully saturated rings. The van der Waals surface area contributed by atoms with Gasteiger partial charge in [-0.05, 0) is 52.7 Å².